The van der Waals surface area contributed by atoms with Gasteiger partial charge >= 0.3 is 0 Å². The second-order valence-electron chi connectivity index (χ2n) is 8.89. The van der Waals surface area contributed by atoms with Gasteiger partial charge in [0.2, 0.25) is 10.0 Å². The number of rotatable bonds is 6. The molecule has 0 bridgehead atoms. The molecule has 0 aliphatic carbocycles. The fraction of sp³-hybridized carbons (Fsp3) is 0.179. The number of fused-ring (bicyclic) bond motifs is 1. The van der Waals surface area contributed by atoms with E-state index in [9.17, 15) is 13.2 Å². The molecule has 184 valence electrons. The lowest BCUT2D eigenvalue weighted by Gasteiger charge is -2.28. The molecule has 0 unspecified atom stereocenters. The minimum Gasteiger partial charge on any atom is -0.489 e. The van der Waals surface area contributed by atoms with Gasteiger partial charge in [-0.15, -0.1) is 0 Å². The van der Waals surface area contributed by atoms with Crippen LogP contribution in [0.1, 0.15) is 22.3 Å². The molecule has 1 aromatic heterocycles. The highest BCUT2D eigenvalue weighted by atomic mass is 32.2. The summed E-state index contributed by atoms with van der Waals surface area (Å²) >= 11 is 0. The molecular weight excluding hydrogens is 474 g/mol. The van der Waals surface area contributed by atoms with E-state index in [1.807, 2.05) is 49.4 Å². The van der Waals surface area contributed by atoms with Gasteiger partial charge in [0.15, 0.2) is 0 Å². The quantitative estimate of drug-likeness (QED) is 0.430. The van der Waals surface area contributed by atoms with Crippen molar-refractivity contribution in [2.24, 2.45) is 0 Å². The van der Waals surface area contributed by atoms with Gasteiger partial charge in [-0.2, -0.15) is 4.31 Å². The summed E-state index contributed by atoms with van der Waals surface area (Å²) < 4.78 is 35.1. The molecule has 1 aliphatic heterocycles. The standard InChI is InChI=1S/C28H27N3O4S/c1-20-10-12-25(13-11-20)36(33,34)30-15-14-26-22(18-30)16-27(29)31(28(26)32)23-8-5-9-24(17-23)35-19-21-6-3-2-4-7-21/h2-13,16-17H,14-15,18-19,29H2,1H3. The fourth-order valence-corrected chi connectivity index (χ4v) is 5.84. The van der Waals surface area contributed by atoms with E-state index in [2.05, 4.69) is 0 Å². The summed E-state index contributed by atoms with van der Waals surface area (Å²) in [6.45, 7) is 2.64. The Morgan fingerprint density at radius 1 is 0.944 bits per heavy atom. The molecule has 2 heterocycles. The Morgan fingerprint density at radius 2 is 1.69 bits per heavy atom. The van der Waals surface area contributed by atoms with Crippen molar-refractivity contribution in [2.45, 2.75) is 31.4 Å². The molecule has 0 amide bonds. The molecule has 0 saturated carbocycles. The van der Waals surface area contributed by atoms with E-state index in [-0.39, 0.29) is 29.4 Å². The van der Waals surface area contributed by atoms with Crippen molar-refractivity contribution in [1.29, 1.82) is 0 Å². The van der Waals surface area contributed by atoms with Crippen LogP contribution in [0, 0.1) is 6.92 Å². The number of anilines is 1. The molecule has 7 nitrogen and oxygen atoms in total. The second-order valence-corrected chi connectivity index (χ2v) is 10.8. The Morgan fingerprint density at radius 3 is 2.44 bits per heavy atom. The first kappa shape index (κ1) is 23.8. The van der Waals surface area contributed by atoms with E-state index in [4.69, 9.17) is 10.5 Å². The molecule has 2 N–H and O–H groups in total. The highest BCUT2D eigenvalue weighted by molar-refractivity contribution is 7.89. The Hall–Kier alpha value is -3.88. The molecule has 1 aliphatic rings. The number of aryl methyl sites for hydroxylation is 1. The van der Waals surface area contributed by atoms with Crippen LogP contribution in [0.25, 0.3) is 5.69 Å². The summed E-state index contributed by atoms with van der Waals surface area (Å²) in [6.07, 6.45) is 0.309. The van der Waals surface area contributed by atoms with Crippen LogP contribution in [0.2, 0.25) is 0 Å². The predicted octanol–water partition coefficient (Wildman–Crippen LogP) is 4.05. The largest absolute Gasteiger partial charge is 0.489 e. The van der Waals surface area contributed by atoms with Gasteiger partial charge in [0.05, 0.1) is 10.6 Å². The van der Waals surface area contributed by atoms with Crippen LogP contribution in [-0.4, -0.2) is 23.8 Å². The Kier molecular flexibility index (Phi) is 6.38. The lowest BCUT2D eigenvalue weighted by Crippen LogP contribution is -2.39. The number of hydrogen-bond donors (Lipinski definition) is 1. The zero-order valence-corrected chi connectivity index (χ0v) is 20.7. The lowest BCUT2D eigenvalue weighted by atomic mass is 10.0. The third-order valence-corrected chi connectivity index (χ3v) is 8.23. The highest BCUT2D eigenvalue weighted by Crippen LogP contribution is 2.27. The molecule has 0 fully saturated rings. The van der Waals surface area contributed by atoms with Crippen molar-refractivity contribution in [3.63, 3.8) is 0 Å². The Balaban J connectivity index is 1.42. The lowest BCUT2D eigenvalue weighted by molar-refractivity contribution is 0.306. The number of nitrogens with two attached hydrogens (primary N) is 1. The van der Waals surface area contributed by atoms with Crippen molar-refractivity contribution >= 4 is 15.8 Å². The third kappa shape index (κ3) is 4.65. The molecule has 8 heteroatoms. The van der Waals surface area contributed by atoms with Crippen molar-refractivity contribution in [1.82, 2.24) is 8.87 Å². The van der Waals surface area contributed by atoms with Crippen LogP contribution in [0.4, 0.5) is 5.82 Å². The topological polar surface area (TPSA) is 94.6 Å². The molecule has 0 atom stereocenters. The molecular formula is C28H27N3O4S. The zero-order chi connectivity index (χ0) is 25.3. The van der Waals surface area contributed by atoms with Crippen LogP contribution < -0.4 is 16.0 Å². The maximum absolute atomic E-state index is 13.5. The first-order chi connectivity index (χ1) is 17.3. The number of ether oxygens (including phenoxy) is 1. The van der Waals surface area contributed by atoms with Crippen molar-refractivity contribution < 1.29 is 13.2 Å². The predicted molar refractivity (Wildman–Crippen MR) is 140 cm³/mol. The highest BCUT2D eigenvalue weighted by Gasteiger charge is 2.30. The first-order valence-electron chi connectivity index (χ1n) is 11.7. The summed E-state index contributed by atoms with van der Waals surface area (Å²) in [6, 6.07) is 25.5. The summed E-state index contributed by atoms with van der Waals surface area (Å²) in [5, 5.41) is 0. The van der Waals surface area contributed by atoms with Crippen molar-refractivity contribution in [2.75, 3.05) is 12.3 Å². The summed E-state index contributed by atoms with van der Waals surface area (Å²) in [4.78, 5) is 13.7. The maximum atomic E-state index is 13.5. The monoisotopic (exact) mass is 501 g/mol. The minimum atomic E-state index is -3.68. The van der Waals surface area contributed by atoms with E-state index >= 15 is 0 Å². The van der Waals surface area contributed by atoms with E-state index in [0.29, 0.717) is 35.6 Å². The minimum absolute atomic E-state index is 0.103. The fourth-order valence-electron chi connectivity index (χ4n) is 4.42. The van der Waals surface area contributed by atoms with Gasteiger partial charge in [0.25, 0.3) is 5.56 Å². The van der Waals surface area contributed by atoms with E-state index in [1.165, 1.54) is 8.87 Å². The number of benzene rings is 3. The number of nitrogen functional groups attached to an aromatic ring is 1. The Labute approximate surface area is 210 Å². The smallest absolute Gasteiger partial charge is 0.260 e. The van der Waals surface area contributed by atoms with E-state index in [1.54, 1.807) is 42.5 Å². The third-order valence-electron chi connectivity index (χ3n) is 6.37. The van der Waals surface area contributed by atoms with Gasteiger partial charge in [-0.1, -0.05) is 54.1 Å². The average Bonchev–Trinajstić information content (AvgIpc) is 2.88. The SMILES string of the molecule is Cc1ccc(S(=O)(=O)N2CCc3c(cc(N)n(-c4cccc(OCc5ccccc5)c4)c3=O)C2)cc1. The van der Waals surface area contributed by atoms with E-state index < -0.39 is 10.0 Å². The van der Waals surface area contributed by atoms with Gasteiger partial charge in [0, 0.05) is 24.7 Å². The van der Waals surface area contributed by atoms with Crippen LogP contribution in [0.3, 0.4) is 0 Å². The van der Waals surface area contributed by atoms with Crippen LogP contribution >= 0.6 is 0 Å². The normalized spacial score (nSPS) is 13.8. The number of aromatic nitrogens is 1. The van der Waals surface area contributed by atoms with Crippen molar-refractivity contribution in [3.8, 4) is 11.4 Å². The summed E-state index contributed by atoms with van der Waals surface area (Å²) in [5.74, 6) is 0.865. The molecule has 5 rings (SSSR count). The van der Waals surface area contributed by atoms with Gasteiger partial charge in [-0.05, 0) is 54.8 Å². The molecule has 36 heavy (non-hydrogen) atoms. The van der Waals surface area contributed by atoms with Crippen LogP contribution in [0.5, 0.6) is 5.75 Å². The first-order valence-corrected chi connectivity index (χ1v) is 13.1. The number of hydrogen-bond acceptors (Lipinski definition) is 5. The van der Waals surface area contributed by atoms with Gasteiger partial charge < -0.3 is 10.5 Å². The molecule has 3 aromatic carbocycles. The van der Waals surface area contributed by atoms with Crippen LogP contribution in [0.15, 0.2) is 94.6 Å². The maximum Gasteiger partial charge on any atom is 0.260 e. The van der Waals surface area contributed by atoms with Crippen LogP contribution in [-0.2, 0) is 29.6 Å². The van der Waals surface area contributed by atoms with Gasteiger partial charge in [-0.3, -0.25) is 9.36 Å². The average molecular weight is 502 g/mol. The number of nitrogens with zero attached hydrogens (tertiary/aromatic N) is 2. The summed E-state index contributed by atoms with van der Waals surface area (Å²) in [5.41, 5.74) is 9.93. The number of sulfonamides is 1. The number of pyridine rings is 1. The zero-order valence-electron chi connectivity index (χ0n) is 19.9. The van der Waals surface area contributed by atoms with Gasteiger partial charge in [0.1, 0.15) is 18.2 Å². The second kappa shape index (κ2) is 9.64. The molecule has 0 saturated heterocycles. The molecule has 4 aromatic rings. The van der Waals surface area contributed by atoms with E-state index in [0.717, 1.165) is 11.1 Å². The Bertz CT molecular complexity index is 1560. The molecule has 0 spiro atoms. The van der Waals surface area contributed by atoms with Crippen molar-refractivity contribution in [3.05, 3.63) is 118 Å². The summed E-state index contributed by atoms with van der Waals surface area (Å²) in [7, 11) is -3.68. The molecule has 0 radical (unpaired) electrons. The van der Waals surface area contributed by atoms with Gasteiger partial charge in [-0.25, -0.2) is 8.42 Å².